The lowest BCUT2D eigenvalue weighted by Crippen LogP contribution is -2.32. The van der Waals surface area contributed by atoms with Crippen molar-refractivity contribution in [2.75, 3.05) is 13.1 Å². The molecule has 4 nitrogen and oxygen atoms in total. The van der Waals surface area contributed by atoms with Crippen molar-refractivity contribution in [2.45, 2.75) is 5.75 Å². The minimum absolute atomic E-state index is 0.164. The Morgan fingerprint density at radius 3 is 2.91 bits per heavy atom. The Kier molecular flexibility index (Phi) is 4.76. The lowest BCUT2D eigenvalue weighted by molar-refractivity contribution is 0.0830. The van der Waals surface area contributed by atoms with E-state index in [0.717, 1.165) is 5.56 Å². The molecule has 0 spiro atoms. The van der Waals surface area contributed by atoms with E-state index in [-0.39, 0.29) is 5.91 Å². The fraction of sp³-hybridized carbons (Fsp3) is 0.200. The van der Waals surface area contributed by atoms with Crippen LogP contribution in [0.25, 0.3) is 0 Å². The quantitative estimate of drug-likeness (QED) is 0.823. The first-order valence-electron chi connectivity index (χ1n) is 6.61. The largest absolute Gasteiger partial charge is 0.459 e. The molecule has 0 aliphatic carbocycles. The molecule has 0 radical (unpaired) electrons. The summed E-state index contributed by atoms with van der Waals surface area (Å²) in [6, 6.07) is 8.85. The molecule has 0 saturated heterocycles. The topological polar surface area (TPSA) is 45.8 Å². The third-order valence-electron chi connectivity index (χ3n) is 3.13. The van der Waals surface area contributed by atoms with Crippen LogP contribution < -0.4 is 0 Å². The molecule has 3 rings (SSSR count). The number of carbonyl (C=O) groups excluding carboxylic acids is 1. The smallest absolute Gasteiger partial charge is 0.295 e. The van der Waals surface area contributed by atoms with Gasteiger partial charge < -0.3 is 4.42 Å². The zero-order chi connectivity index (χ0) is 15.5. The van der Waals surface area contributed by atoms with Crippen LogP contribution in [0.1, 0.15) is 16.1 Å². The summed E-state index contributed by atoms with van der Waals surface area (Å²) in [5.74, 6) is 0.824. The molecule has 0 fully saturated rings. The van der Waals surface area contributed by atoms with Crippen molar-refractivity contribution in [3.8, 4) is 0 Å². The predicted octanol–water partition coefficient (Wildman–Crippen LogP) is 4.33. The molecule has 0 unspecified atom stereocenters. The molecule has 114 valence electrons. The van der Waals surface area contributed by atoms with Gasteiger partial charge in [0, 0.05) is 12.3 Å². The van der Waals surface area contributed by atoms with Gasteiger partial charge in [-0.15, -0.1) is 0 Å². The molecule has 1 aliphatic heterocycles. The molecule has 22 heavy (non-hydrogen) atoms. The molecule has 0 bridgehead atoms. The van der Waals surface area contributed by atoms with E-state index in [1.807, 2.05) is 12.1 Å². The van der Waals surface area contributed by atoms with Crippen LogP contribution in [0.15, 0.2) is 46.0 Å². The maximum Gasteiger partial charge on any atom is 0.295 e. The standard InChI is InChI=1S/C15H12Cl2N2O2S/c16-11-4-3-10(8-12(11)17)9-22-15-18-5-6-19(15)14(20)13-2-1-7-21-13/h1-4,7-8H,5-6,9H2. The molecule has 2 heterocycles. The Balaban J connectivity index is 1.66. The monoisotopic (exact) mass is 354 g/mol. The van der Waals surface area contributed by atoms with E-state index in [1.54, 1.807) is 23.1 Å². The summed E-state index contributed by atoms with van der Waals surface area (Å²) in [6.07, 6.45) is 1.49. The number of nitrogens with zero attached hydrogens (tertiary/aromatic N) is 2. The predicted molar refractivity (Wildman–Crippen MR) is 89.8 cm³/mol. The number of thioether (sulfide) groups is 1. The van der Waals surface area contributed by atoms with Crippen LogP contribution in [0.2, 0.25) is 10.0 Å². The zero-order valence-electron chi connectivity index (χ0n) is 11.5. The third kappa shape index (κ3) is 3.32. The molecule has 0 saturated carbocycles. The summed E-state index contributed by atoms with van der Waals surface area (Å²) in [7, 11) is 0. The first-order chi connectivity index (χ1) is 10.6. The third-order valence-corrected chi connectivity index (χ3v) is 4.96. The number of amidine groups is 1. The first-order valence-corrected chi connectivity index (χ1v) is 8.36. The van der Waals surface area contributed by atoms with Crippen molar-refractivity contribution in [2.24, 2.45) is 4.99 Å². The second kappa shape index (κ2) is 6.77. The van der Waals surface area contributed by atoms with Gasteiger partial charge in [0.05, 0.1) is 22.9 Å². The Labute approximate surface area is 142 Å². The Morgan fingerprint density at radius 2 is 2.18 bits per heavy atom. The maximum absolute atomic E-state index is 12.3. The number of amides is 1. The van der Waals surface area contributed by atoms with Gasteiger partial charge in [-0.2, -0.15) is 0 Å². The van der Waals surface area contributed by atoms with E-state index in [0.29, 0.717) is 39.8 Å². The minimum atomic E-state index is -0.164. The van der Waals surface area contributed by atoms with Crippen LogP contribution >= 0.6 is 35.0 Å². The zero-order valence-corrected chi connectivity index (χ0v) is 13.8. The Morgan fingerprint density at radius 1 is 1.32 bits per heavy atom. The summed E-state index contributed by atoms with van der Waals surface area (Å²) in [5, 5.41) is 1.76. The summed E-state index contributed by atoms with van der Waals surface area (Å²) in [6.45, 7) is 1.18. The maximum atomic E-state index is 12.3. The molecule has 0 atom stereocenters. The molecule has 7 heteroatoms. The highest BCUT2D eigenvalue weighted by molar-refractivity contribution is 8.13. The van der Waals surface area contributed by atoms with E-state index in [2.05, 4.69) is 4.99 Å². The number of hydrogen-bond donors (Lipinski definition) is 0. The highest BCUT2D eigenvalue weighted by Crippen LogP contribution is 2.26. The first kappa shape index (κ1) is 15.5. The van der Waals surface area contributed by atoms with Crippen molar-refractivity contribution in [3.05, 3.63) is 58.0 Å². The van der Waals surface area contributed by atoms with Gasteiger partial charge in [0.2, 0.25) is 0 Å². The molecule has 1 aliphatic rings. The van der Waals surface area contributed by atoms with Crippen LogP contribution in [0.5, 0.6) is 0 Å². The molecular weight excluding hydrogens is 343 g/mol. The average Bonchev–Trinajstić information content (AvgIpc) is 3.19. The SMILES string of the molecule is O=C(c1ccco1)N1CCN=C1SCc1ccc(Cl)c(Cl)c1. The molecule has 1 aromatic heterocycles. The van der Waals surface area contributed by atoms with E-state index >= 15 is 0 Å². The fourth-order valence-corrected chi connectivity index (χ4v) is 3.36. The lowest BCUT2D eigenvalue weighted by Gasteiger charge is -2.16. The van der Waals surface area contributed by atoms with Crippen LogP contribution in [0.4, 0.5) is 0 Å². The second-order valence-electron chi connectivity index (χ2n) is 4.64. The van der Waals surface area contributed by atoms with Gasteiger partial charge in [-0.1, -0.05) is 41.0 Å². The highest BCUT2D eigenvalue weighted by atomic mass is 35.5. The Bertz CT molecular complexity index is 716. The van der Waals surface area contributed by atoms with Crippen molar-refractivity contribution < 1.29 is 9.21 Å². The van der Waals surface area contributed by atoms with Crippen LogP contribution in [0.3, 0.4) is 0 Å². The number of furan rings is 1. The molecular formula is C15H12Cl2N2O2S. The van der Waals surface area contributed by atoms with Crippen molar-refractivity contribution >= 4 is 46.0 Å². The summed E-state index contributed by atoms with van der Waals surface area (Å²) >= 11 is 13.4. The van der Waals surface area contributed by atoms with Gasteiger partial charge in [-0.25, -0.2) is 0 Å². The number of benzene rings is 1. The van der Waals surface area contributed by atoms with E-state index in [1.165, 1.54) is 18.0 Å². The normalized spacial score (nSPS) is 14.3. The molecule has 2 aromatic rings. The fourth-order valence-electron chi connectivity index (χ4n) is 2.05. The van der Waals surface area contributed by atoms with Crippen molar-refractivity contribution in [1.29, 1.82) is 0 Å². The van der Waals surface area contributed by atoms with Crippen LogP contribution in [0, 0.1) is 0 Å². The highest BCUT2D eigenvalue weighted by Gasteiger charge is 2.26. The number of rotatable bonds is 3. The van der Waals surface area contributed by atoms with Crippen molar-refractivity contribution in [3.63, 3.8) is 0 Å². The van der Waals surface area contributed by atoms with Gasteiger partial charge in [0.15, 0.2) is 10.9 Å². The Hall–Kier alpha value is -1.43. The van der Waals surface area contributed by atoms with Gasteiger partial charge in [-0.3, -0.25) is 14.7 Å². The van der Waals surface area contributed by atoms with Gasteiger partial charge in [0.1, 0.15) is 0 Å². The summed E-state index contributed by atoms with van der Waals surface area (Å²) in [4.78, 5) is 18.4. The molecule has 1 aromatic carbocycles. The number of aliphatic imine (C=N–C) groups is 1. The molecule has 1 amide bonds. The lowest BCUT2D eigenvalue weighted by atomic mass is 10.2. The number of carbonyl (C=O) groups is 1. The number of hydrogen-bond acceptors (Lipinski definition) is 4. The minimum Gasteiger partial charge on any atom is -0.459 e. The van der Waals surface area contributed by atoms with Gasteiger partial charge >= 0.3 is 0 Å². The summed E-state index contributed by atoms with van der Waals surface area (Å²) in [5.41, 5.74) is 1.03. The van der Waals surface area contributed by atoms with Gasteiger partial charge in [0.25, 0.3) is 5.91 Å². The van der Waals surface area contributed by atoms with E-state index < -0.39 is 0 Å². The average molecular weight is 355 g/mol. The van der Waals surface area contributed by atoms with E-state index in [9.17, 15) is 4.79 Å². The van der Waals surface area contributed by atoms with E-state index in [4.69, 9.17) is 27.6 Å². The number of halogens is 2. The van der Waals surface area contributed by atoms with Crippen LogP contribution in [-0.2, 0) is 5.75 Å². The molecule has 0 N–H and O–H groups in total. The summed E-state index contributed by atoms with van der Waals surface area (Å²) < 4.78 is 5.16. The van der Waals surface area contributed by atoms with Crippen molar-refractivity contribution in [1.82, 2.24) is 4.90 Å². The van der Waals surface area contributed by atoms with Crippen LogP contribution in [-0.4, -0.2) is 29.1 Å². The van der Waals surface area contributed by atoms with Gasteiger partial charge in [-0.05, 0) is 29.8 Å². The second-order valence-corrected chi connectivity index (χ2v) is 6.39.